The van der Waals surface area contributed by atoms with Gasteiger partial charge in [0.05, 0.1) is 21.8 Å². The van der Waals surface area contributed by atoms with Gasteiger partial charge in [0.1, 0.15) is 5.56 Å². The van der Waals surface area contributed by atoms with Crippen LogP contribution in [0.4, 0.5) is 5.69 Å². The molecule has 22 heavy (non-hydrogen) atoms. The maximum absolute atomic E-state index is 12.4. The summed E-state index contributed by atoms with van der Waals surface area (Å²) >= 11 is 9.13. The van der Waals surface area contributed by atoms with Crippen LogP contribution in [0.2, 0.25) is 5.02 Å². The molecule has 2 aromatic carbocycles. The Morgan fingerprint density at radius 3 is 2.09 bits per heavy atom. The molecule has 3 rings (SSSR count). The van der Waals surface area contributed by atoms with Gasteiger partial charge in [-0.3, -0.25) is 9.59 Å². The standard InChI is InChI=1S/C15H7BrClNO4/c16-9-5-6-10(11(12(9)17)15(21)22)18-13(19)7-3-1-2-4-8(7)14(18)20/h1-6H,(H,21,22). The Labute approximate surface area is 138 Å². The Kier molecular flexibility index (Phi) is 3.50. The zero-order chi connectivity index (χ0) is 16.0. The number of amides is 2. The number of nitrogens with zero attached hydrogens (tertiary/aromatic N) is 1. The summed E-state index contributed by atoms with van der Waals surface area (Å²) in [4.78, 5) is 37.2. The minimum absolute atomic E-state index is 0.0492. The summed E-state index contributed by atoms with van der Waals surface area (Å²) in [7, 11) is 0. The topological polar surface area (TPSA) is 74.7 Å². The molecule has 5 nitrogen and oxygen atoms in total. The van der Waals surface area contributed by atoms with Crippen molar-refractivity contribution in [2.45, 2.75) is 0 Å². The Balaban J connectivity index is 2.23. The fraction of sp³-hybridized carbons (Fsp3) is 0. The maximum atomic E-state index is 12.4. The van der Waals surface area contributed by atoms with Crippen molar-refractivity contribution in [1.29, 1.82) is 0 Å². The maximum Gasteiger partial charge on any atom is 0.339 e. The molecule has 1 aliphatic heterocycles. The van der Waals surface area contributed by atoms with E-state index >= 15 is 0 Å². The summed E-state index contributed by atoms with van der Waals surface area (Å²) in [6.45, 7) is 0. The van der Waals surface area contributed by atoms with Gasteiger partial charge in [-0.05, 0) is 40.2 Å². The highest BCUT2D eigenvalue weighted by atomic mass is 79.9. The Bertz CT molecular complexity index is 814. The fourth-order valence-corrected chi connectivity index (χ4v) is 2.91. The molecular formula is C15H7BrClNO4. The number of fused-ring (bicyclic) bond motifs is 1. The summed E-state index contributed by atoms with van der Waals surface area (Å²) < 4.78 is 0.368. The number of benzene rings is 2. The molecule has 0 fully saturated rings. The Morgan fingerprint density at radius 1 is 1.05 bits per heavy atom. The Morgan fingerprint density at radius 2 is 1.59 bits per heavy atom. The van der Waals surface area contributed by atoms with E-state index in [0.717, 1.165) is 4.90 Å². The third kappa shape index (κ3) is 2.03. The first kappa shape index (κ1) is 14.7. The zero-order valence-electron chi connectivity index (χ0n) is 10.8. The predicted octanol–water partition coefficient (Wildman–Crippen LogP) is 3.60. The van der Waals surface area contributed by atoms with E-state index in [1.807, 2.05) is 0 Å². The number of anilines is 1. The van der Waals surface area contributed by atoms with E-state index in [1.54, 1.807) is 12.1 Å². The molecular weight excluding hydrogens is 374 g/mol. The summed E-state index contributed by atoms with van der Waals surface area (Å²) in [5, 5.41) is 9.30. The van der Waals surface area contributed by atoms with Crippen LogP contribution < -0.4 is 4.90 Å². The van der Waals surface area contributed by atoms with Gasteiger partial charge in [-0.25, -0.2) is 9.69 Å². The molecule has 0 saturated carbocycles. The van der Waals surface area contributed by atoms with Gasteiger partial charge >= 0.3 is 5.97 Å². The molecule has 110 valence electrons. The van der Waals surface area contributed by atoms with Crippen molar-refractivity contribution in [1.82, 2.24) is 0 Å². The van der Waals surface area contributed by atoms with Crippen LogP contribution in [0, 0.1) is 0 Å². The summed E-state index contributed by atoms with van der Waals surface area (Å²) in [6.07, 6.45) is 0. The number of hydrogen-bond acceptors (Lipinski definition) is 3. The van der Waals surface area contributed by atoms with Gasteiger partial charge in [0.2, 0.25) is 0 Å². The number of hydrogen-bond donors (Lipinski definition) is 1. The first-order chi connectivity index (χ1) is 10.4. The normalized spacial score (nSPS) is 13.5. The molecule has 0 unspecified atom stereocenters. The van der Waals surface area contributed by atoms with Gasteiger partial charge in [-0.1, -0.05) is 23.7 Å². The first-order valence-corrected chi connectivity index (χ1v) is 7.29. The van der Waals surface area contributed by atoms with Crippen molar-refractivity contribution < 1.29 is 19.5 Å². The summed E-state index contributed by atoms with van der Waals surface area (Å²) in [5.74, 6) is -2.46. The van der Waals surface area contributed by atoms with E-state index < -0.39 is 17.8 Å². The highest BCUT2D eigenvalue weighted by Gasteiger charge is 2.38. The molecule has 0 aromatic heterocycles. The number of carbonyl (C=O) groups is 3. The second-order valence-electron chi connectivity index (χ2n) is 4.55. The third-order valence-corrected chi connectivity index (χ3v) is 4.60. The van der Waals surface area contributed by atoms with E-state index in [1.165, 1.54) is 24.3 Å². The van der Waals surface area contributed by atoms with Crippen LogP contribution in [0.25, 0.3) is 0 Å². The fourth-order valence-electron chi connectivity index (χ4n) is 2.34. The van der Waals surface area contributed by atoms with Crippen LogP contribution in [-0.4, -0.2) is 22.9 Å². The van der Waals surface area contributed by atoms with Gasteiger partial charge in [-0.15, -0.1) is 0 Å². The monoisotopic (exact) mass is 379 g/mol. The van der Waals surface area contributed by atoms with E-state index in [0.29, 0.717) is 4.47 Å². The lowest BCUT2D eigenvalue weighted by Crippen LogP contribution is -2.31. The van der Waals surface area contributed by atoms with Crippen molar-refractivity contribution >= 4 is 51.0 Å². The second-order valence-corrected chi connectivity index (χ2v) is 5.78. The van der Waals surface area contributed by atoms with Crippen LogP contribution in [0.1, 0.15) is 31.1 Å². The lowest BCUT2D eigenvalue weighted by Gasteiger charge is -2.17. The molecule has 2 amide bonds. The van der Waals surface area contributed by atoms with Crippen LogP contribution in [0.15, 0.2) is 40.9 Å². The second kappa shape index (κ2) is 5.23. The quantitative estimate of drug-likeness (QED) is 0.808. The molecule has 0 saturated heterocycles. The smallest absolute Gasteiger partial charge is 0.339 e. The molecule has 0 bridgehead atoms. The average molecular weight is 381 g/mol. The summed E-state index contributed by atoms with van der Waals surface area (Å²) in [6, 6.07) is 9.20. The van der Waals surface area contributed by atoms with Crippen LogP contribution in [-0.2, 0) is 0 Å². The highest BCUT2D eigenvalue weighted by Crippen LogP contribution is 2.37. The predicted molar refractivity (Wildman–Crippen MR) is 83.7 cm³/mol. The van der Waals surface area contributed by atoms with Crippen molar-refractivity contribution in [2.75, 3.05) is 4.90 Å². The molecule has 2 aromatic rings. The number of carboxylic acids is 1. The molecule has 0 aliphatic carbocycles. The van der Waals surface area contributed by atoms with Crippen LogP contribution in [0.5, 0.6) is 0 Å². The lowest BCUT2D eigenvalue weighted by molar-refractivity contribution is 0.0698. The highest BCUT2D eigenvalue weighted by molar-refractivity contribution is 9.10. The lowest BCUT2D eigenvalue weighted by atomic mass is 10.1. The Hall–Kier alpha value is -2.18. The largest absolute Gasteiger partial charge is 0.478 e. The van der Waals surface area contributed by atoms with E-state index in [9.17, 15) is 19.5 Å². The number of rotatable bonds is 2. The average Bonchev–Trinajstić information content (AvgIpc) is 2.74. The molecule has 1 N–H and O–H groups in total. The van der Waals surface area contributed by atoms with Crippen LogP contribution >= 0.6 is 27.5 Å². The SMILES string of the molecule is O=C(O)c1c(N2C(=O)c3ccccc3C2=O)ccc(Br)c1Cl. The van der Waals surface area contributed by atoms with E-state index in [4.69, 9.17) is 11.6 Å². The van der Waals surface area contributed by atoms with Crippen molar-refractivity contribution in [3.05, 3.63) is 62.6 Å². The van der Waals surface area contributed by atoms with E-state index in [-0.39, 0.29) is 27.4 Å². The zero-order valence-corrected chi connectivity index (χ0v) is 13.2. The molecule has 0 atom stereocenters. The first-order valence-electron chi connectivity index (χ1n) is 6.12. The molecule has 1 heterocycles. The number of carboxylic acid groups (broad SMARTS) is 1. The minimum atomic E-state index is -1.32. The van der Waals surface area contributed by atoms with Crippen molar-refractivity contribution in [3.8, 4) is 0 Å². The third-order valence-electron chi connectivity index (χ3n) is 3.32. The molecule has 7 heteroatoms. The van der Waals surface area contributed by atoms with Gasteiger partial charge < -0.3 is 5.11 Å². The number of halogens is 2. The molecule has 0 radical (unpaired) electrons. The van der Waals surface area contributed by atoms with Gasteiger partial charge in [0, 0.05) is 4.47 Å². The van der Waals surface area contributed by atoms with Gasteiger partial charge in [-0.2, -0.15) is 0 Å². The minimum Gasteiger partial charge on any atom is -0.478 e. The van der Waals surface area contributed by atoms with Crippen molar-refractivity contribution in [2.24, 2.45) is 0 Å². The van der Waals surface area contributed by atoms with Crippen molar-refractivity contribution in [3.63, 3.8) is 0 Å². The number of aromatic carboxylic acids is 1. The number of imide groups is 1. The van der Waals surface area contributed by atoms with Gasteiger partial charge in [0.15, 0.2) is 0 Å². The summed E-state index contributed by atoms with van der Waals surface area (Å²) in [5.41, 5.74) is 0.128. The van der Waals surface area contributed by atoms with E-state index in [2.05, 4.69) is 15.9 Å². The molecule has 0 spiro atoms. The molecule has 1 aliphatic rings. The van der Waals surface area contributed by atoms with Crippen LogP contribution in [0.3, 0.4) is 0 Å². The number of carbonyl (C=O) groups excluding carboxylic acids is 2. The van der Waals surface area contributed by atoms with Gasteiger partial charge in [0.25, 0.3) is 11.8 Å².